The summed E-state index contributed by atoms with van der Waals surface area (Å²) in [5.74, 6) is 0. The molecule has 0 amide bonds. The predicted molar refractivity (Wildman–Crippen MR) is 71.7 cm³/mol. The van der Waals surface area contributed by atoms with Gasteiger partial charge in [0.1, 0.15) is 0 Å². The first-order chi connectivity index (χ1) is 8.04. The van der Waals surface area contributed by atoms with E-state index in [-0.39, 0.29) is 17.0 Å². The van der Waals surface area contributed by atoms with Crippen LogP contribution in [0.4, 0.5) is 0 Å². The number of benzene rings is 1. The SMILES string of the molecule is CC(C)n1cc(C=O)c(=O)c2ccc(Br)cc21. The zero-order valence-corrected chi connectivity index (χ0v) is 11.2. The number of fused-ring (bicyclic) bond motifs is 1. The van der Waals surface area contributed by atoms with Crippen molar-refractivity contribution in [2.75, 3.05) is 0 Å². The monoisotopic (exact) mass is 293 g/mol. The molecule has 0 saturated heterocycles. The van der Waals surface area contributed by atoms with Crippen LogP contribution in [-0.2, 0) is 0 Å². The van der Waals surface area contributed by atoms with Crippen molar-refractivity contribution in [1.82, 2.24) is 4.57 Å². The Balaban J connectivity index is 2.97. The molecule has 4 heteroatoms. The van der Waals surface area contributed by atoms with Gasteiger partial charge in [0.15, 0.2) is 11.7 Å². The Bertz CT molecular complexity index is 644. The average molecular weight is 294 g/mol. The van der Waals surface area contributed by atoms with Crippen molar-refractivity contribution in [1.29, 1.82) is 0 Å². The average Bonchev–Trinajstić information content (AvgIpc) is 2.29. The second-order valence-electron chi connectivity index (χ2n) is 4.19. The summed E-state index contributed by atoms with van der Waals surface area (Å²) >= 11 is 3.39. The van der Waals surface area contributed by atoms with Crippen LogP contribution < -0.4 is 5.43 Å². The molecule has 0 spiro atoms. The second kappa shape index (κ2) is 4.45. The fraction of sp³-hybridized carbons (Fsp3) is 0.231. The van der Waals surface area contributed by atoms with Crippen molar-refractivity contribution >= 4 is 33.1 Å². The summed E-state index contributed by atoms with van der Waals surface area (Å²) in [6.07, 6.45) is 2.23. The number of hydrogen-bond donors (Lipinski definition) is 0. The molecule has 0 aliphatic heterocycles. The first kappa shape index (κ1) is 12.0. The molecule has 3 nitrogen and oxygen atoms in total. The highest BCUT2D eigenvalue weighted by molar-refractivity contribution is 9.10. The van der Waals surface area contributed by atoms with Crippen molar-refractivity contribution in [3.05, 3.63) is 44.7 Å². The largest absolute Gasteiger partial charge is 0.344 e. The standard InChI is InChI=1S/C13H12BrNO2/c1-8(2)15-6-9(7-16)13(17)11-4-3-10(14)5-12(11)15/h3-8H,1-2H3. The van der Waals surface area contributed by atoms with E-state index < -0.39 is 0 Å². The van der Waals surface area contributed by atoms with Crippen molar-refractivity contribution in [3.63, 3.8) is 0 Å². The van der Waals surface area contributed by atoms with E-state index >= 15 is 0 Å². The molecule has 0 unspecified atom stereocenters. The number of aldehydes is 1. The van der Waals surface area contributed by atoms with Gasteiger partial charge in [-0.1, -0.05) is 15.9 Å². The summed E-state index contributed by atoms with van der Waals surface area (Å²) in [5, 5.41) is 0.575. The van der Waals surface area contributed by atoms with Crippen LogP contribution in [0.5, 0.6) is 0 Å². The molecule has 1 heterocycles. The Morgan fingerprint density at radius 2 is 2.06 bits per heavy atom. The van der Waals surface area contributed by atoms with Crippen LogP contribution in [0.25, 0.3) is 10.9 Å². The predicted octanol–water partition coefficient (Wildman–Crippen LogP) is 3.16. The van der Waals surface area contributed by atoms with Gasteiger partial charge in [-0.05, 0) is 32.0 Å². The highest BCUT2D eigenvalue weighted by atomic mass is 79.9. The van der Waals surface area contributed by atoms with Crippen molar-refractivity contribution < 1.29 is 4.79 Å². The fourth-order valence-electron chi connectivity index (χ4n) is 1.86. The van der Waals surface area contributed by atoms with E-state index in [1.807, 2.05) is 30.5 Å². The molecule has 0 N–H and O–H groups in total. The van der Waals surface area contributed by atoms with E-state index in [1.165, 1.54) is 0 Å². The molecular formula is C13H12BrNO2. The molecule has 17 heavy (non-hydrogen) atoms. The van der Waals surface area contributed by atoms with Gasteiger partial charge in [0.2, 0.25) is 0 Å². The Morgan fingerprint density at radius 1 is 1.35 bits per heavy atom. The third-order valence-electron chi connectivity index (χ3n) is 2.71. The van der Waals surface area contributed by atoms with E-state index in [1.54, 1.807) is 12.3 Å². The first-order valence-corrected chi connectivity index (χ1v) is 6.13. The van der Waals surface area contributed by atoms with Crippen LogP contribution >= 0.6 is 15.9 Å². The third kappa shape index (κ3) is 2.05. The van der Waals surface area contributed by atoms with E-state index in [2.05, 4.69) is 15.9 Å². The molecule has 0 aliphatic rings. The molecular weight excluding hydrogens is 282 g/mol. The minimum Gasteiger partial charge on any atom is -0.344 e. The van der Waals surface area contributed by atoms with E-state index in [4.69, 9.17) is 0 Å². The van der Waals surface area contributed by atoms with E-state index in [0.29, 0.717) is 11.7 Å². The molecule has 0 fully saturated rings. The van der Waals surface area contributed by atoms with Gasteiger partial charge < -0.3 is 4.57 Å². The molecule has 1 aromatic carbocycles. The minimum absolute atomic E-state index is 0.186. The summed E-state index contributed by atoms with van der Waals surface area (Å²) in [6.45, 7) is 4.03. The van der Waals surface area contributed by atoms with E-state index in [0.717, 1.165) is 9.99 Å². The molecule has 1 aromatic heterocycles. The first-order valence-electron chi connectivity index (χ1n) is 5.34. The summed E-state index contributed by atoms with van der Waals surface area (Å²) in [7, 11) is 0. The number of aromatic nitrogens is 1. The van der Waals surface area contributed by atoms with Gasteiger partial charge in [0.05, 0.1) is 11.1 Å². The Labute approximate surface area is 107 Å². The van der Waals surface area contributed by atoms with Gasteiger partial charge in [-0.15, -0.1) is 0 Å². The lowest BCUT2D eigenvalue weighted by molar-refractivity contribution is 0.112. The van der Waals surface area contributed by atoms with Crippen LogP contribution in [0.15, 0.2) is 33.7 Å². The lowest BCUT2D eigenvalue weighted by atomic mass is 10.1. The van der Waals surface area contributed by atoms with Gasteiger partial charge in [-0.25, -0.2) is 0 Å². The maximum atomic E-state index is 12.0. The number of nitrogens with zero attached hydrogens (tertiary/aromatic N) is 1. The van der Waals surface area contributed by atoms with Crippen LogP contribution in [0.2, 0.25) is 0 Å². The van der Waals surface area contributed by atoms with Gasteiger partial charge in [0.25, 0.3) is 0 Å². The second-order valence-corrected chi connectivity index (χ2v) is 5.11. The topological polar surface area (TPSA) is 39.1 Å². The van der Waals surface area contributed by atoms with Gasteiger partial charge >= 0.3 is 0 Å². The van der Waals surface area contributed by atoms with Crippen LogP contribution in [-0.4, -0.2) is 10.9 Å². The molecule has 0 radical (unpaired) electrons. The number of halogens is 1. The van der Waals surface area contributed by atoms with Gasteiger partial charge in [-0.3, -0.25) is 9.59 Å². The Morgan fingerprint density at radius 3 is 2.65 bits per heavy atom. The lowest BCUT2D eigenvalue weighted by Gasteiger charge is -2.15. The van der Waals surface area contributed by atoms with Crippen molar-refractivity contribution in [3.8, 4) is 0 Å². The fourth-order valence-corrected chi connectivity index (χ4v) is 2.20. The molecule has 0 bridgehead atoms. The van der Waals surface area contributed by atoms with Crippen LogP contribution in [0.3, 0.4) is 0 Å². The van der Waals surface area contributed by atoms with Gasteiger partial charge in [0, 0.05) is 22.1 Å². The normalized spacial score (nSPS) is 11.1. The molecule has 0 aliphatic carbocycles. The number of pyridine rings is 1. The quantitative estimate of drug-likeness (QED) is 0.798. The summed E-state index contributed by atoms with van der Waals surface area (Å²) in [4.78, 5) is 22.9. The highest BCUT2D eigenvalue weighted by Crippen LogP contribution is 2.20. The summed E-state index contributed by atoms with van der Waals surface area (Å²) in [5.41, 5.74) is 0.831. The maximum absolute atomic E-state index is 12.0. The van der Waals surface area contributed by atoms with Gasteiger partial charge in [-0.2, -0.15) is 0 Å². The minimum atomic E-state index is -0.209. The molecule has 0 saturated carbocycles. The zero-order valence-electron chi connectivity index (χ0n) is 9.61. The number of hydrogen-bond acceptors (Lipinski definition) is 2. The van der Waals surface area contributed by atoms with E-state index in [9.17, 15) is 9.59 Å². The zero-order chi connectivity index (χ0) is 12.6. The Kier molecular flexibility index (Phi) is 3.15. The summed E-state index contributed by atoms with van der Waals surface area (Å²) < 4.78 is 2.85. The van der Waals surface area contributed by atoms with Crippen molar-refractivity contribution in [2.24, 2.45) is 0 Å². The summed E-state index contributed by atoms with van der Waals surface area (Å²) in [6, 6.07) is 5.63. The molecule has 2 aromatic rings. The Hall–Kier alpha value is -1.42. The molecule has 2 rings (SSSR count). The van der Waals surface area contributed by atoms with Crippen LogP contribution in [0, 0.1) is 0 Å². The maximum Gasteiger partial charge on any atom is 0.199 e. The number of carbonyl (C=O) groups excluding carboxylic acids is 1. The molecule has 0 atom stereocenters. The van der Waals surface area contributed by atoms with Crippen molar-refractivity contribution in [2.45, 2.75) is 19.9 Å². The smallest absolute Gasteiger partial charge is 0.199 e. The third-order valence-corrected chi connectivity index (χ3v) is 3.20. The number of rotatable bonds is 2. The lowest BCUT2D eigenvalue weighted by Crippen LogP contribution is -2.15. The van der Waals surface area contributed by atoms with Crippen LogP contribution in [0.1, 0.15) is 30.2 Å². The highest BCUT2D eigenvalue weighted by Gasteiger charge is 2.10. The number of carbonyl (C=O) groups is 1. The molecule has 88 valence electrons.